The molecule has 1 aliphatic heterocycles. The standard InChI is InChI=1S/C34H35NO4/c1-21(2)23-13-15-24(16-14-23)33-18-17-28(26-10-5-7-11-27(26)33)34(32(37)38)20-35(19-30(33)34)31(36)22(3)25-9-6-8-12-29(25)39-4/h5-16,21,28,30H,3,17-20H2,1-2,4H3,(H,37,38). The lowest BCUT2D eigenvalue weighted by atomic mass is 9.42. The number of methoxy groups -OCH3 is 1. The second-order valence-electron chi connectivity index (χ2n) is 11.7. The summed E-state index contributed by atoms with van der Waals surface area (Å²) in [5, 5.41) is 11.0. The lowest BCUT2D eigenvalue weighted by Gasteiger charge is -2.59. The van der Waals surface area contributed by atoms with Crippen LogP contribution < -0.4 is 4.74 Å². The number of carboxylic acid groups (broad SMARTS) is 1. The van der Waals surface area contributed by atoms with Crippen molar-refractivity contribution in [2.24, 2.45) is 11.3 Å². The van der Waals surface area contributed by atoms with E-state index in [1.165, 1.54) is 11.1 Å². The van der Waals surface area contributed by atoms with E-state index in [2.05, 4.69) is 62.9 Å². The predicted molar refractivity (Wildman–Crippen MR) is 152 cm³/mol. The van der Waals surface area contributed by atoms with Crippen LogP contribution in [0.1, 0.15) is 66.3 Å². The lowest BCUT2D eigenvalue weighted by Crippen LogP contribution is -2.60. The molecule has 1 N–H and O–H groups in total. The molecule has 3 aromatic rings. The van der Waals surface area contributed by atoms with Crippen molar-refractivity contribution in [2.45, 2.75) is 43.9 Å². The first-order valence-electron chi connectivity index (χ1n) is 13.8. The smallest absolute Gasteiger partial charge is 0.312 e. The van der Waals surface area contributed by atoms with Crippen LogP contribution in [0.15, 0.2) is 79.4 Å². The SMILES string of the molecule is C=C(C(=O)N1CC2C3(c4ccc(C(C)C)cc4)CCC(c4ccccc43)C2(C(=O)O)C1)c1ccccc1OC. The van der Waals surface area contributed by atoms with Crippen molar-refractivity contribution >= 4 is 17.4 Å². The summed E-state index contributed by atoms with van der Waals surface area (Å²) < 4.78 is 5.49. The van der Waals surface area contributed by atoms with Gasteiger partial charge in [-0.2, -0.15) is 0 Å². The third-order valence-electron chi connectivity index (χ3n) is 9.81. The number of para-hydroxylation sites is 1. The molecule has 39 heavy (non-hydrogen) atoms. The molecule has 5 nitrogen and oxygen atoms in total. The number of aliphatic carboxylic acids is 1. The number of hydrogen-bond acceptors (Lipinski definition) is 3. The molecule has 1 saturated carbocycles. The van der Waals surface area contributed by atoms with E-state index < -0.39 is 16.8 Å². The van der Waals surface area contributed by atoms with Crippen LogP contribution in [-0.4, -0.2) is 42.1 Å². The van der Waals surface area contributed by atoms with E-state index in [1.54, 1.807) is 12.0 Å². The second kappa shape index (κ2) is 9.11. The van der Waals surface area contributed by atoms with Crippen LogP contribution in [0.25, 0.3) is 5.57 Å². The van der Waals surface area contributed by atoms with Gasteiger partial charge in [-0.25, -0.2) is 0 Å². The molecule has 2 fully saturated rings. The number of likely N-dealkylation sites (tertiary alicyclic amines) is 1. The van der Waals surface area contributed by atoms with Crippen molar-refractivity contribution in [3.05, 3.63) is 107 Å². The fourth-order valence-electron chi connectivity index (χ4n) is 7.98. The van der Waals surface area contributed by atoms with Gasteiger partial charge in [0.15, 0.2) is 0 Å². The van der Waals surface area contributed by atoms with Crippen molar-refractivity contribution in [1.29, 1.82) is 0 Å². The highest BCUT2D eigenvalue weighted by molar-refractivity contribution is 6.19. The Morgan fingerprint density at radius 3 is 2.41 bits per heavy atom. The quantitative estimate of drug-likeness (QED) is 0.390. The molecule has 2 bridgehead atoms. The van der Waals surface area contributed by atoms with Crippen LogP contribution in [0.5, 0.6) is 5.75 Å². The van der Waals surface area contributed by atoms with Gasteiger partial charge < -0.3 is 14.7 Å². The molecule has 0 spiro atoms. The topological polar surface area (TPSA) is 66.8 Å². The van der Waals surface area contributed by atoms with Crippen molar-refractivity contribution < 1.29 is 19.4 Å². The monoisotopic (exact) mass is 521 g/mol. The van der Waals surface area contributed by atoms with Gasteiger partial charge in [0.05, 0.1) is 12.5 Å². The molecule has 0 aromatic heterocycles. The van der Waals surface area contributed by atoms with Gasteiger partial charge in [-0.1, -0.05) is 87.2 Å². The Balaban J connectivity index is 1.49. The number of carbonyl (C=O) groups excluding carboxylic acids is 1. The highest BCUT2D eigenvalue weighted by Gasteiger charge is 2.70. The Hall–Kier alpha value is -3.86. The van der Waals surface area contributed by atoms with Gasteiger partial charge in [0.2, 0.25) is 0 Å². The zero-order valence-electron chi connectivity index (χ0n) is 22.8. The first kappa shape index (κ1) is 25.4. The van der Waals surface area contributed by atoms with Crippen LogP contribution in [-0.2, 0) is 15.0 Å². The molecular weight excluding hydrogens is 486 g/mol. The maximum atomic E-state index is 14.0. The van der Waals surface area contributed by atoms with Crippen LogP contribution in [0.4, 0.5) is 0 Å². The summed E-state index contributed by atoms with van der Waals surface area (Å²) in [6, 6.07) is 24.5. The third kappa shape index (κ3) is 3.45. The van der Waals surface area contributed by atoms with Crippen LogP contribution in [0.2, 0.25) is 0 Å². The molecule has 3 aromatic carbocycles. The van der Waals surface area contributed by atoms with E-state index in [4.69, 9.17) is 4.74 Å². The maximum Gasteiger partial charge on any atom is 0.312 e. The summed E-state index contributed by atoms with van der Waals surface area (Å²) in [6.45, 7) is 9.04. The number of carbonyl (C=O) groups is 2. The Bertz CT molecular complexity index is 1470. The summed E-state index contributed by atoms with van der Waals surface area (Å²) in [6.07, 6.45) is 1.64. The molecule has 1 saturated heterocycles. The Morgan fingerprint density at radius 1 is 1.03 bits per heavy atom. The fourth-order valence-corrected chi connectivity index (χ4v) is 7.98. The molecule has 0 radical (unpaired) electrons. The van der Waals surface area contributed by atoms with Crippen LogP contribution in [0.3, 0.4) is 0 Å². The van der Waals surface area contributed by atoms with Gasteiger partial charge in [0, 0.05) is 41.5 Å². The second-order valence-corrected chi connectivity index (χ2v) is 11.7. The Morgan fingerprint density at radius 2 is 1.72 bits per heavy atom. The van der Waals surface area contributed by atoms with Gasteiger partial charge >= 0.3 is 5.97 Å². The minimum absolute atomic E-state index is 0.148. The molecule has 5 heteroatoms. The molecule has 3 aliphatic carbocycles. The van der Waals surface area contributed by atoms with E-state index in [1.807, 2.05) is 30.3 Å². The number of hydrogen-bond donors (Lipinski definition) is 1. The molecule has 7 rings (SSSR count). The molecule has 4 aliphatic rings. The number of amides is 1. The number of nitrogens with zero attached hydrogens (tertiary/aromatic N) is 1. The summed E-state index contributed by atoms with van der Waals surface area (Å²) in [4.78, 5) is 29.1. The number of rotatable bonds is 6. The van der Waals surface area contributed by atoms with E-state index in [9.17, 15) is 14.7 Å². The average Bonchev–Trinajstić information content (AvgIpc) is 3.41. The van der Waals surface area contributed by atoms with E-state index >= 15 is 0 Å². The Labute approximate surface area is 230 Å². The van der Waals surface area contributed by atoms with E-state index in [0.717, 1.165) is 24.0 Å². The lowest BCUT2D eigenvalue weighted by molar-refractivity contribution is -0.157. The first-order valence-corrected chi connectivity index (χ1v) is 13.8. The van der Waals surface area contributed by atoms with Crippen LogP contribution in [0, 0.1) is 11.3 Å². The van der Waals surface area contributed by atoms with Crippen molar-refractivity contribution in [3.63, 3.8) is 0 Å². The normalized spacial score (nSPS) is 26.7. The minimum Gasteiger partial charge on any atom is -0.496 e. The van der Waals surface area contributed by atoms with Gasteiger partial charge in [0.25, 0.3) is 5.91 Å². The number of fused-ring (bicyclic) bond motifs is 1. The number of benzene rings is 3. The number of ether oxygens (including phenoxy) is 1. The summed E-state index contributed by atoms with van der Waals surface area (Å²) >= 11 is 0. The summed E-state index contributed by atoms with van der Waals surface area (Å²) in [7, 11) is 1.57. The zero-order valence-corrected chi connectivity index (χ0v) is 22.8. The number of carboxylic acids is 1. The van der Waals surface area contributed by atoms with E-state index in [0.29, 0.717) is 29.3 Å². The average molecular weight is 522 g/mol. The summed E-state index contributed by atoms with van der Waals surface area (Å²) in [5.74, 6) is -0.462. The van der Waals surface area contributed by atoms with Gasteiger partial charge in [-0.15, -0.1) is 0 Å². The minimum atomic E-state index is -1.07. The van der Waals surface area contributed by atoms with Crippen molar-refractivity contribution in [3.8, 4) is 5.75 Å². The molecule has 4 atom stereocenters. The van der Waals surface area contributed by atoms with Gasteiger partial charge in [0.1, 0.15) is 5.75 Å². The largest absolute Gasteiger partial charge is 0.496 e. The predicted octanol–water partition coefficient (Wildman–Crippen LogP) is 6.24. The van der Waals surface area contributed by atoms with Gasteiger partial charge in [-0.05, 0) is 47.1 Å². The molecule has 4 unspecified atom stereocenters. The molecule has 1 amide bonds. The summed E-state index contributed by atoms with van der Waals surface area (Å²) in [5.41, 5.74) is 4.15. The van der Waals surface area contributed by atoms with E-state index in [-0.39, 0.29) is 24.3 Å². The van der Waals surface area contributed by atoms with Crippen LogP contribution >= 0.6 is 0 Å². The fraction of sp³-hybridized carbons (Fsp3) is 0.353. The highest BCUT2D eigenvalue weighted by Crippen LogP contribution is 2.69. The first-order chi connectivity index (χ1) is 18.8. The zero-order chi connectivity index (χ0) is 27.5. The highest BCUT2D eigenvalue weighted by atomic mass is 16.5. The van der Waals surface area contributed by atoms with Gasteiger partial charge in [-0.3, -0.25) is 9.59 Å². The Kier molecular flexibility index (Phi) is 5.94. The molecule has 1 heterocycles. The van der Waals surface area contributed by atoms with Crippen molar-refractivity contribution in [1.82, 2.24) is 4.90 Å². The van der Waals surface area contributed by atoms with Crippen molar-refractivity contribution in [2.75, 3.05) is 20.2 Å². The molecular formula is C34H35NO4. The third-order valence-corrected chi connectivity index (χ3v) is 9.81. The maximum absolute atomic E-state index is 14.0. The molecule has 200 valence electrons.